The Morgan fingerprint density at radius 2 is 1.91 bits per heavy atom. The summed E-state index contributed by atoms with van der Waals surface area (Å²) in [6.45, 7) is 8.84. The Bertz CT molecular complexity index is 910. The highest BCUT2D eigenvalue weighted by Gasteiger charge is 2.33. The molecule has 33 heavy (non-hydrogen) atoms. The summed E-state index contributed by atoms with van der Waals surface area (Å²) in [5, 5.41) is 9.58. The maximum atomic E-state index is 12.9. The second kappa shape index (κ2) is 10.8. The third-order valence-electron chi connectivity index (χ3n) is 7.77. The van der Waals surface area contributed by atoms with Gasteiger partial charge in [-0.1, -0.05) is 12.8 Å². The number of amides is 1. The van der Waals surface area contributed by atoms with Crippen LogP contribution in [0.1, 0.15) is 67.7 Å². The summed E-state index contributed by atoms with van der Waals surface area (Å²) >= 11 is 0. The number of ketones is 1. The van der Waals surface area contributed by atoms with E-state index in [0.717, 1.165) is 68.7 Å². The molecule has 2 aliphatic heterocycles. The molecule has 6 nitrogen and oxygen atoms in total. The summed E-state index contributed by atoms with van der Waals surface area (Å²) in [6.07, 6.45) is 6.34. The number of piperazine rings is 1. The number of nitriles is 1. The van der Waals surface area contributed by atoms with E-state index < -0.39 is 0 Å². The number of benzene rings is 1. The topological polar surface area (TPSA) is 73.6 Å². The van der Waals surface area contributed by atoms with Crippen LogP contribution in [0.2, 0.25) is 0 Å². The Kier molecular flexibility index (Phi) is 7.82. The average Bonchev–Trinajstić information content (AvgIpc) is 3.50. The summed E-state index contributed by atoms with van der Waals surface area (Å²) in [5.74, 6) is 1.13. The van der Waals surface area contributed by atoms with Gasteiger partial charge in [-0.3, -0.25) is 14.5 Å². The summed E-state index contributed by atoms with van der Waals surface area (Å²) < 4.78 is 5.41. The fourth-order valence-electron chi connectivity index (χ4n) is 5.76. The van der Waals surface area contributed by atoms with Crippen LogP contribution >= 0.6 is 0 Å². The summed E-state index contributed by atoms with van der Waals surface area (Å²) in [6, 6.07) is 6.32. The van der Waals surface area contributed by atoms with Crippen molar-refractivity contribution in [2.24, 2.45) is 11.8 Å². The standard InChI is InChI=1S/C27H37N3O3/c1-19-16-29(8-9-30(19)27(32)23-5-3-4-6-23)17-25-12-22(15-28)11-24(20(25)2)14-26(31)13-21-7-10-33-18-21/h11-12,19,21,23H,3-10,13-14,16-18H2,1-2H3/t19-,21?/m0/s1. The van der Waals surface area contributed by atoms with Crippen LogP contribution in [0.4, 0.5) is 0 Å². The zero-order valence-corrected chi connectivity index (χ0v) is 20.1. The molecule has 0 aromatic heterocycles. The number of hydrogen-bond acceptors (Lipinski definition) is 5. The highest BCUT2D eigenvalue weighted by Crippen LogP contribution is 2.29. The van der Waals surface area contributed by atoms with E-state index in [1.54, 1.807) is 0 Å². The Labute approximate surface area is 197 Å². The summed E-state index contributed by atoms with van der Waals surface area (Å²) in [5.41, 5.74) is 3.81. The SMILES string of the molecule is Cc1c(CC(=O)CC2CCOC2)cc(C#N)cc1CN1CCN(C(=O)C2CCCC2)[C@@H](C)C1. The van der Waals surface area contributed by atoms with E-state index in [0.29, 0.717) is 36.8 Å². The van der Waals surface area contributed by atoms with Crippen LogP contribution in [0.15, 0.2) is 12.1 Å². The summed E-state index contributed by atoms with van der Waals surface area (Å²) in [4.78, 5) is 30.1. The number of Topliss-reactive ketones (excluding diaryl/α,β-unsaturated/α-hetero) is 1. The number of hydrogen-bond donors (Lipinski definition) is 0. The van der Waals surface area contributed by atoms with Gasteiger partial charge in [0.05, 0.1) is 11.6 Å². The van der Waals surface area contributed by atoms with Gasteiger partial charge in [-0.25, -0.2) is 0 Å². The number of ether oxygens (including phenoxy) is 1. The molecule has 178 valence electrons. The fraction of sp³-hybridized carbons (Fsp3) is 0.667. The van der Waals surface area contributed by atoms with Gasteiger partial charge in [-0.05, 0) is 67.9 Å². The van der Waals surface area contributed by atoms with Crippen LogP contribution in [0.25, 0.3) is 0 Å². The lowest BCUT2D eigenvalue weighted by Crippen LogP contribution is -2.54. The van der Waals surface area contributed by atoms with Crippen molar-refractivity contribution in [3.8, 4) is 6.07 Å². The molecule has 2 saturated heterocycles. The highest BCUT2D eigenvalue weighted by molar-refractivity contribution is 5.81. The Morgan fingerprint density at radius 3 is 2.58 bits per heavy atom. The van der Waals surface area contributed by atoms with E-state index in [1.165, 1.54) is 12.8 Å². The molecule has 1 saturated carbocycles. The third kappa shape index (κ3) is 5.83. The van der Waals surface area contributed by atoms with Crippen molar-refractivity contribution in [1.29, 1.82) is 5.26 Å². The molecule has 1 unspecified atom stereocenters. The molecule has 0 radical (unpaired) electrons. The molecule has 1 aromatic rings. The molecule has 3 fully saturated rings. The highest BCUT2D eigenvalue weighted by atomic mass is 16.5. The maximum Gasteiger partial charge on any atom is 0.226 e. The second-order valence-electron chi connectivity index (χ2n) is 10.3. The first-order valence-electron chi connectivity index (χ1n) is 12.6. The number of rotatable bonds is 7. The first-order chi connectivity index (χ1) is 15.9. The first-order valence-corrected chi connectivity index (χ1v) is 12.6. The normalized spacial score (nSPS) is 24.2. The van der Waals surface area contributed by atoms with Crippen LogP contribution < -0.4 is 0 Å². The smallest absolute Gasteiger partial charge is 0.226 e. The number of carbonyl (C=O) groups excluding carboxylic acids is 2. The van der Waals surface area contributed by atoms with Crippen molar-refractivity contribution < 1.29 is 14.3 Å². The van der Waals surface area contributed by atoms with Gasteiger partial charge in [-0.2, -0.15) is 5.26 Å². The molecule has 1 aromatic carbocycles. The lowest BCUT2D eigenvalue weighted by Gasteiger charge is -2.41. The van der Waals surface area contributed by atoms with Gasteiger partial charge in [0, 0.05) is 64.2 Å². The minimum absolute atomic E-state index is 0.195. The molecule has 0 spiro atoms. The van der Waals surface area contributed by atoms with Gasteiger partial charge in [0.1, 0.15) is 5.78 Å². The molecule has 4 rings (SSSR count). The van der Waals surface area contributed by atoms with Crippen LogP contribution in [0, 0.1) is 30.1 Å². The van der Waals surface area contributed by atoms with Gasteiger partial charge < -0.3 is 9.64 Å². The third-order valence-corrected chi connectivity index (χ3v) is 7.77. The number of nitrogens with zero attached hydrogens (tertiary/aromatic N) is 3. The minimum Gasteiger partial charge on any atom is -0.381 e. The van der Waals surface area contributed by atoms with E-state index in [1.807, 2.05) is 12.1 Å². The van der Waals surface area contributed by atoms with E-state index in [2.05, 4.69) is 29.7 Å². The molecular weight excluding hydrogens is 414 g/mol. The molecule has 1 amide bonds. The van der Waals surface area contributed by atoms with Gasteiger partial charge in [-0.15, -0.1) is 0 Å². The minimum atomic E-state index is 0.195. The lowest BCUT2D eigenvalue weighted by molar-refractivity contribution is -0.140. The molecule has 2 atom stereocenters. The van der Waals surface area contributed by atoms with Crippen LogP contribution in [-0.4, -0.2) is 60.4 Å². The Morgan fingerprint density at radius 1 is 1.15 bits per heavy atom. The predicted molar refractivity (Wildman–Crippen MR) is 127 cm³/mol. The van der Waals surface area contributed by atoms with Gasteiger partial charge in [0.15, 0.2) is 0 Å². The average molecular weight is 452 g/mol. The first kappa shape index (κ1) is 23.9. The van der Waals surface area contributed by atoms with Crippen molar-refractivity contribution in [3.05, 3.63) is 34.4 Å². The van der Waals surface area contributed by atoms with Crippen molar-refractivity contribution >= 4 is 11.7 Å². The van der Waals surface area contributed by atoms with Gasteiger partial charge in [0.2, 0.25) is 5.91 Å². The fourth-order valence-corrected chi connectivity index (χ4v) is 5.76. The lowest BCUT2D eigenvalue weighted by atomic mass is 9.92. The maximum absolute atomic E-state index is 12.9. The largest absolute Gasteiger partial charge is 0.381 e. The van der Waals surface area contributed by atoms with E-state index in [-0.39, 0.29) is 17.7 Å². The monoisotopic (exact) mass is 451 g/mol. The van der Waals surface area contributed by atoms with E-state index in [9.17, 15) is 14.9 Å². The predicted octanol–water partition coefficient (Wildman–Crippen LogP) is 3.63. The Balaban J connectivity index is 1.40. The molecule has 6 heteroatoms. The molecule has 2 heterocycles. The van der Waals surface area contributed by atoms with Crippen molar-refractivity contribution in [2.45, 2.75) is 71.4 Å². The zero-order chi connectivity index (χ0) is 23.4. The molecule has 0 bridgehead atoms. The van der Waals surface area contributed by atoms with Crippen LogP contribution in [-0.2, 0) is 27.3 Å². The van der Waals surface area contributed by atoms with Crippen molar-refractivity contribution in [1.82, 2.24) is 9.80 Å². The zero-order valence-electron chi connectivity index (χ0n) is 20.1. The van der Waals surface area contributed by atoms with Crippen LogP contribution in [0.3, 0.4) is 0 Å². The molecule has 1 aliphatic carbocycles. The van der Waals surface area contributed by atoms with Crippen molar-refractivity contribution in [2.75, 3.05) is 32.8 Å². The van der Waals surface area contributed by atoms with Gasteiger partial charge in [0.25, 0.3) is 0 Å². The molecule has 3 aliphatic rings. The Hall–Kier alpha value is -2.23. The van der Waals surface area contributed by atoms with E-state index in [4.69, 9.17) is 4.74 Å². The molecule has 0 N–H and O–H groups in total. The van der Waals surface area contributed by atoms with Gasteiger partial charge >= 0.3 is 0 Å². The van der Waals surface area contributed by atoms with Crippen molar-refractivity contribution in [3.63, 3.8) is 0 Å². The quantitative estimate of drug-likeness (QED) is 0.633. The van der Waals surface area contributed by atoms with Crippen LogP contribution in [0.5, 0.6) is 0 Å². The second-order valence-corrected chi connectivity index (χ2v) is 10.3. The molecular formula is C27H37N3O3. The summed E-state index contributed by atoms with van der Waals surface area (Å²) in [7, 11) is 0. The number of carbonyl (C=O) groups is 2. The van der Waals surface area contributed by atoms with E-state index >= 15 is 0 Å².